The SMILES string of the molecule is CC12C=C(c3ccccc3)CCC1C(C)(C)c1oncc1C2. The molecular formula is C20H23NO. The zero-order valence-electron chi connectivity index (χ0n) is 13.6. The summed E-state index contributed by atoms with van der Waals surface area (Å²) in [4.78, 5) is 0. The van der Waals surface area contributed by atoms with E-state index in [1.54, 1.807) is 0 Å². The molecule has 1 heterocycles. The van der Waals surface area contributed by atoms with Crippen LogP contribution in [0.1, 0.15) is 50.5 Å². The van der Waals surface area contributed by atoms with E-state index in [4.69, 9.17) is 4.52 Å². The monoisotopic (exact) mass is 293 g/mol. The largest absolute Gasteiger partial charge is 0.361 e. The van der Waals surface area contributed by atoms with Gasteiger partial charge in [0.05, 0.1) is 6.20 Å². The fraction of sp³-hybridized carbons (Fsp3) is 0.450. The third-order valence-corrected chi connectivity index (χ3v) is 5.82. The highest BCUT2D eigenvalue weighted by Gasteiger charge is 2.51. The van der Waals surface area contributed by atoms with Gasteiger partial charge in [-0.25, -0.2) is 0 Å². The number of aromatic nitrogens is 1. The molecule has 0 spiro atoms. The van der Waals surface area contributed by atoms with Gasteiger partial charge in [-0.2, -0.15) is 0 Å². The summed E-state index contributed by atoms with van der Waals surface area (Å²) in [5, 5.41) is 4.07. The Morgan fingerprint density at radius 2 is 1.91 bits per heavy atom. The number of rotatable bonds is 1. The first-order valence-electron chi connectivity index (χ1n) is 8.22. The van der Waals surface area contributed by atoms with E-state index in [1.165, 1.54) is 23.1 Å². The second-order valence-electron chi connectivity index (χ2n) is 7.71. The van der Waals surface area contributed by atoms with E-state index in [2.05, 4.69) is 62.3 Å². The lowest BCUT2D eigenvalue weighted by Gasteiger charge is -2.50. The first-order valence-corrected chi connectivity index (χ1v) is 8.22. The Bertz CT molecular complexity index is 725. The molecule has 2 aliphatic carbocycles. The van der Waals surface area contributed by atoms with Crippen molar-refractivity contribution < 1.29 is 4.52 Å². The van der Waals surface area contributed by atoms with E-state index >= 15 is 0 Å². The summed E-state index contributed by atoms with van der Waals surface area (Å²) in [6.07, 6.45) is 7.86. The Morgan fingerprint density at radius 1 is 1.14 bits per heavy atom. The van der Waals surface area contributed by atoms with Crippen molar-refractivity contribution in [2.45, 2.75) is 45.4 Å². The van der Waals surface area contributed by atoms with E-state index in [-0.39, 0.29) is 10.8 Å². The lowest BCUT2D eigenvalue weighted by Crippen LogP contribution is -2.46. The molecule has 0 N–H and O–H groups in total. The molecule has 0 fully saturated rings. The molecule has 2 atom stereocenters. The van der Waals surface area contributed by atoms with E-state index in [0.717, 1.165) is 18.6 Å². The van der Waals surface area contributed by atoms with Crippen LogP contribution in [0.3, 0.4) is 0 Å². The normalized spacial score (nSPS) is 29.4. The molecule has 0 radical (unpaired) electrons. The van der Waals surface area contributed by atoms with Gasteiger partial charge in [-0.15, -0.1) is 0 Å². The molecule has 2 nitrogen and oxygen atoms in total. The molecule has 2 unspecified atom stereocenters. The van der Waals surface area contributed by atoms with Crippen molar-refractivity contribution in [3.8, 4) is 0 Å². The number of hydrogen-bond donors (Lipinski definition) is 0. The summed E-state index contributed by atoms with van der Waals surface area (Å²) in [6.45, 7) is 7.05. The van der Waals surface area contributed by atoms with Crippen LogP contribution >= 0.6 is 0 Å². The van der Waals surface area contributed by atoms with Crippen LogP contribution in [0.5, 0.6) is 0 Å². The molecule has 0 bridgehead atoms. The molecule has 0 amide bonds. The Kier molecular flexibility index (Phi) is 2.87. The molecule has 0 saturated heterocycles. The lowest BCUT2D eigenvalue weighted by molar-refractivity contribution is 0.0963. The van der Waals surface area contributed by atoms with Crippen LogP contribution in [0, 0.1) is 11.3 Å². The van der Waals surface area contributed by atoms with Gasteiger partial charge in [0.25, 0.3) is 0 Å². The molecule has 4 rings (SSSR count). The highest BCUT2D eigenvalue weighted by atomic mass is 16.5. The topological polar surface area (TPSA) is 26.0 Å². The predicted octanol–water partition coefficient (Wildman–Crippen LogP) is 5.01. The Hall–Kier alpha value is -1.83. The van der Waals surface area contributed by atoms with Crippen molar-refractivity contribution >= 4 is 5.57 Å². The van der Waals surface area contributed by atoms with Gasteiger partial charge in [0.2, 0.25) is 0 Å². The third-order valence-electron chi connectivity index (χ3n) is 5.82. The van der Waals surface area contributed by atoms with Gasteiger partial charge in [0, 0.05) is 11.0 Å². The van der Waals surface area contributed by atoms with Crippen molar-refractivity contribution in [2.75, 3.05) is 0 Å². The summed E-state index contributed by atoms with van der Waals surface area (Å²) in [5.74, 6) is 1.71. The van der Waals surface area contributed by atoms with Crippen LogP contribution < -0.4 is 0 Å². The van der Waals surface area contributed by atoms with Gasteiger partial charge in [0.15, 0.2) is 0 Å². The maximum absolute atomic E-state index is 5.61. The number of fused-ring (bicyclic) bond motifs is 2. The molecule has 0 saturated carbocycles. The first kappa shape index (κ1) is 13.8. The van der Waals surface area contributed by atoms with Crippen molar-refractivity contribution in [2.24, 2.45) is 11.3 Å². The zero-order valence-corrected chi connectivity index (χ0v) is 13.6. The molecule has 2 heteroatoms. The fourth-order valence-electron chi connectivity index (χ4n) is 4.93. The highest BCUT2D eigenvalue weighted by molar-refractivity contribution is 5.67. The van der Waals surface area contributed by atoms with Crippen LogP contribution in [-0.4, -0.2) is 5.16 Å². The van der Waals surface area contributed by atoms with Crippen LogP contribution in [0.4, 0.5) is 0 Å². The van der Waals surface area contributed by atoms with Crippen LogP contribution in [-0.2, 0) is 11.8 Å². The number of hydrogen-bond acceptors (Lipinski definition) is 2. The van der Waals surface area contributed by atoms with Crippen LogP contribution in [0.15, 0.2) is 47.1 Å². The summed E-state index contributed by atoms with van der Waals surface area (Å²) < 4.78 is 5.61. The van der Waals surface area contributed by atoms with Crippen LogP contribution in [0.25, 0.3) is 5.57 Å². The molecule has 2 aromatic rings. The number of benzene rings is 1. The maximum atomic E-state index is 5.61. The second kappa shape index (κ2) is 4.58. The Balaban J connectivity index is 1.81. The Labute approximate surface area is 132 Å². The van der Waals surface area contributed by atoms with Gasteiger partial charge in [0.1, 0.15) is 5.76 Å². The second-order valence-corrected chi connectivity index (χ2v) is 7.71. The van der Waals surface area contributed by atoms with E-state index in [1.807, 2.05) is 6.20 Å². The molecule has 1 aromatic heterocycles. The van der Waals surface area contributed by atoms with E-state index in [9.17, 15) is 0 Å². The molecule has 1 aromatic carbocycles. The summed E-state index contributed by atoms with van der Waals surface area (Å²) in [5.41, 5.74) is 4.39. The maximum Gasteiger partial charge on any atom is 0.145 e. The predicted molar refractivity (Wildman–Crippen MR) is 88.5 cm³/mol. The summed E-state index contributed by atoms with van der Waals surface area (Å²) in [6, 6.07) is 10.8. The fourth-order valence-corrected chi connectivity index (χ4v) is 4.93. The van der Waals surface area contributed by atoms with Gasteiger partial charge in [-0.05, 0) is 41.7 Å². The molecular weight excluding hydrogens is 270 g/mol. The molecule has 0 aliphatic heterocycles. The average Bonchev–Trinajstić information content (AvgIpc) is 2.96. The van der Waals surface area contributed by atoms with Crippen molar-refractivity contribution in [3.05, 3.63) is 59.5 Å². The van der Waals surface area contributed by atoms with E-state index < -0.39 is 0 Å². The third kappa shape index (κ3) is 1.89. The quantitative estimate of drug-likeness (QED) is 0.739. The van der Waals surface area contributed by atoms with Gasteiger partial charge in [-0.1, -0.05) is 62.3 Å². The summed E-state index contributed by atoms with van der Waals surface area (Å²) in [7, 11) is 0. The van der Waals surface area contributed by atoms with Crippen molar-refractivity contribution in [1.82, 2.24) is 5.16 Å². The van der Waals surface area contributed by atoms with Gasteiger partial charge in [-0.3, -0.25) is 0 Å². The van der Waals surface area contributed by atoms with Crippen molar-refractivity contribution in [3.63, 3.8) is 0 Å². The minimum atomic E-state index is 0.0531. The average molecular weight is 293 g/mol. The molecule has 2 aliphatic rings. The Morgan fingerprint density at radius 3 is 2.68 bits per heavy atom. The molecule has 22 heavy (non-hydrogen) atoms. The first-order chi connectivity index (χ1) is 10.5. The summed E-state index contributed by atoms with van der Waals surface area (Å²) >= 11 is 0. The standard InChI is InChI=1S/C20H23NO/c1-19(2)17-10-9-15(14-7-5-4-6-8-14)11-20(17,3)12-16-13-21-22-18(16)19/h4-8,11,13,17H,9-10,12H2,1-3H3. The number of nitrogens with zero attached hydrogens (tertiary/aromatic N) is 1. The minimum Gasteiger partial charge on any atom is -0.361 e. The highest BCUT2D eigenvalue weighted by Crippen LogP contribution is 2.56. The van der Waals surface area contributed by atoms with E-state index in [0.29, 0.717) is 5.92 Å². The van der Waals surface area contributed by atoms with Gasteiger partial charge < -0.3 is 4.52 Å². The lowest BCUT2D eigenvalue weighted by atomic mass is 9.53. The zero-order chi connectivity index (χ0) is 15.4. The smallest absolute Gasteiger partial charge is 0.145 e. The van der Waals surface area contributed by atoms with Crippen LogP contribution in [0.2, 0.25) is 0 Å². The van der Waals surface area contributed by atoms with Gasteiger partial charge >= 0.3 is 0 Å². The van der Waals surface area contributed by atoms with Crippen molar-refractivity contribution in [1.29, 1.82) is 0 Å². The number of allylic oxidation sites excluding steroid dienone is 2. The molecule has 114 valence electrons. The minimum absolute atomic E-state index is 0.0531.